The van der Waals surface area contributed by atoms with Gasteiger partial charge in [0.1, 0.15) is 0 Å². The minimum Gasteiger partial charge on any atom is -0.375 e. The van der Waals surface area contributed by atoms with Crippen molar-refractivity contribution in [3.8, 4) is 0 Å². The normalized spacial score (nSPS) is 28.0. The molecule has 0 aromatic heterocycles. The van der Waals surface area contributed by atoms with Gasteiger partial charge in [0.25, 0.3) is 0 Å². The Morgan fingerprint density at radius 3 is 3.00 bits per heavy atom. The standard InChI is InChI=1S/C12H22N2O/c1-9(2)12-8-15-7-11-6-13-4-5-14(11)10(12)3/h9,11,13H,4-8H2,1-3H3. The molecule has 0 amide bonds. The van der Waals surface area contributed by atoms with Crippen LogP contribution in [0.3, 0.4) is 0 Å². The lowest BCUT2D eigenvalue weighted by Crippen LogP contribution is -2.51. The van der Waals surface area contributed by atoms with Crippen LogP contribution in [0.15, 0.2) is 11.3 Å². The average Bonchev–Trinajstić information content (AvgIpc) is 2.39. The number of nitrogens with one attached hydrogen (secondary N) is 1. The van der Waals surface area contributed by atoms with Crippen molar-refractivity contribution >= 4 is 0 Å². The van der Waals surface area contributed by atoms with Crippen LogP contribution in [0, 0.1) is 5.92 Å². The SMILES string of the molecule is CC1=C(C(C)C)COCC2CNCCN12. The van der Waals surface area contributed by atoms with Crippen LogP contribution < -0.4 is 5.32 Å². The molecule has 3 nitrogen and oxygen atoms in total. The Kier molecular flexibility index (Phi) is 3.32. The third kappa shape index (κ3) is 2.18. The molecule has 0 radical (unpaired) electrons. The lowest BCUT2D eigenvalue weighted by molar-refractivity contribution is 0.0895. The average molecular weight is 210 g/mol. The van der Waals surface area contributed by atoms with Crippen LogP contribution >= 0.6 is 0 Å². The molecule has 2 heterocycles. The highest BCUT2D eigenvalue weighted by atomic mass is 16.5. The van der Waals surface area contributed by atoms with Gasteiger partial charge in [0.05, 0.1) is 19.3 Å². The van der Waals surface area contributed by atoms with E-state index in [0.29, 0.717) is 12.0 Å². The minimum absolute atomic E-state index is 0.537. The number of ether oxygens (including phenoxy) is 1. The smallest absolute Gasteiger partial charge is 0.0699 e. The molecule has 1 saturated heterocycles. The number of hydrogen-bond acceptors (Lipinski definition) is 3. The van der Waals surface area contributed by atoms with E-state index in [0.717, 1.165) is 32.8 Å². The summed E-state index contributed by atoms with van der Waals surface area (Å²) in [5.74, 6) is 0.596. The molecule has 0 saturated carbocycles. The van der Waals surface area contributed by atoms with Crippen molar-refractivity contribution in [2.75, 3.05) is 32.8 Å². The molecule has 1 unspecified atom stereocenters. The van der Waals surface area contributed by atoms with E-state index in [1.807, 2.05) is 0 Å². The van der Waals surface area contributed by atoms with Crippen molar-refractivity contribution in [3.63, 3.8) is 0 Å². The van der Waals surface area contributed by atoms with Gasteiger partial charge in [-0.1, -0.05) is 13.8 Å². The van der Waals surface area contributed by atoms with Crippen molar-refractivity contribution in [1.29, 1.82) is 0 Å². The van der Waals surface area contributed by atoms with Crippen LogP contribution in [0.2, 0.25) is 0 Å². The Morgan fingerprint density at radius 1 is 1.47 bits per heavy atom. The lowest BCUT2D eigenvalue weighted by Gasteiger charge is -2.37. The highest BCUT2D eigenvalue weighted by Gasteiger charge is 2.27. The summed E-state index contributed by atoms with van der Waals surface area (Å²) in [6, 6.07) is 0.537. The van der Waals surface area contributed by atoms with Crippen molar-refractivity contribution in [3.05, 3.63) is 11.3 Å². The van der Waals surface area contributed by atoms with Crippen LogP contribution in [-0.2, 0) is 4.74 Å². The van der Waals surface area contributed by atoms with E-state index in [4.69, 9.17) is 4.74 Å². The van der Waals surface area contributed by atoms with Crippen molar-refractivity contribution in [2.24, 2.45) is 5.92 Å². The number of rotatable bonds is 1. The summed E-state index contributed by atoms with van der Waals surface area (Å²) in [7, 11) is 0. The third-order valence-corrected chi connectivity index (χ3v) is 3.51. The summed E-state index contributed by atoms with van der Waals surface area (Å²) < 4.78 is 5.77. The molecule has 1 N–H and O–H groups in total. The van der Waals surface area contributed by atoms with E-state index in [1.54, 1.807) is 0 Å². The molecular weight excluding hydrogens is 188 g/mol. The molecule has 2 rings (SSSR count). The fourth-order valence-corrected chi connectivity index (χ4v) is 2.53. The molecular formula is C12H22N2O. The number of nitrogens with zero attached hydrogens (tertiary/aromatic N) is 1. The largest absolute Gasteiger partial charge is 0.375 e. The van der Waals surface area contributed by atoms with Crippen molar-refractivity contribution in [1.82, 2.24) is 10.2 Å². The summed E-state index contributed by atoms with van der Waals surface area (Å²) in [5.41, 5.74) is 2.92. The first-order valence-corrected chi connectivity index (χ1v) is 5.95. The van der Waals surface area contributed by atoms with E-state index in [9.17, 15) is 0 Å². The molecule has 86 valence electrons. The monoisotopic (exact) mass is 210 g/mol. The topological polar surface area (TPSA) is 24.5 Å². The van der Waals surface area contributed by atoms with E-state index in [-0.39, 0.29) is 0 Å². The molecule has 1 fully saturated rings. The second kappa shape index (κ2) is 4.54. The fourth-order valence-electron chi connectivity index (χ4n) is 2.53. The molecule has 0 aromatic carbocycles. The Bertz CT molecular complexity index is 260. The Balaban J connectivity index is 2.23. The molecule has 2 aliphatic heterocycles. The van der Waals surface area contributed by atoms with Gasteiger partial charge in [-0.25, -0.2) is 0 Å². The van der Waals surface area contributed by atoms with Gasteiger partial charge in [0.15, 0.2) is 0 Å². The summed E-state index contributed by atoms with van der Waals surface area (Å²) in [6.07, 6.45) is 0. The molecule has 0 aliphatic carbocycles. The first kappa shape index (κ1) is 11.0. The quantitative estimate of drug-likeness (QED) is 0.704. The predicted molar refractivity (Wildman–Crippen MR) is 61.7 cm³/mol. The Labute approximate surface area is 92.5 Å². The summed E-state index contributed by atoms with van der Waals surface area (Å²) in [6.45, 7) is 11.7. The van der Waals surface area contributed by atoms with Crippen LogP contribution in [0.5, 0.6) is 0 Å². The van der Waals surface area contributed by atoms with Crippen LogP contribution in [0.4, 0.5) is 0 Å². The van der Waals surface area contributed by atoms with E-state index < -0.39 is 0 Å². The molecule has 15 heavy (non-hydrogen) atoms. The summed E-state index contributed by atoms with van der Waals surface area (Å²) in [4.78, 5) is 2.53. The van der Waals surface area contributed by atoms with Crippen molar-refractivity contribution in [2.45, 2.75) is 26.8 Å². The number of hydrogen-bond donors (Lipinski definition) is 1. The predicted octanol–water partition coefficient (Wildman–Crippen LogP) is 1.22. The maximum absolute atomic E-state index is 5.77. The highest BCUT2D eigenvalue weighted by molar-refractivity contribution is 5.17. The van der Waals surface area contributed by atoms with Gasteiger partial charge in [-0.3, -0.25) is 0 Å². The van der Waals surface area contributed by atoms with Gasteiger partial charge >= 0.3 is 0 Å². The van der Waals surface area contributed by atoms with Crippen LogP contribution in [-0.4, -0.2) is 43.8 Å². The van der Waals surface area contributed by atoms with E-state index >= 15 is 0 Å². The second-order valence-electron chi connectivity index (χ2n) is 4.83. The Hall–Kier alpha value is -0.540. The second-order valence-corrected chi connectivity index (χ2v) is 4.83. The molecule has 2 aliphatic rings. The zero-order valence-electron chi connectivity index (χ0n) is 10.0. The van der Waals surface area contributed by atoms with Crippen molar-refractivity contribution < 1.29 is 4.74 Å². The first-order valence-electron chi connectivity index (χ1n) is 5.95. The zero-order valence-corrected chi connectivity index (χ0v) is 10.0. The summed E-state index contributed by atoms with van der Waals surface area (Å²) >= 11 is 0. The Morgan fingerprint density at radius 2 is 2.27 bits per heavy atom. The third-order valence-electron chi connectivity index (χ3n) is 3.51. The van der Waals surface area contributed by atoms with Gasteiger partial charge in [0, 0.05) is 25.3 Å². The van der Waals surface area contributed by atoms with Crippen LogP contribution in [0.1, 0.15) is 20.8 Å². The highest BCUT2D eigenvalue weighted by Crippen LogP contribution is 2.24. The lowest BCUT2D eigenvalue weighted by atomic mass is 10.0. The van der Waals surface area contributed by atoms with E-state index in [2.05, 4.69) is 31.0 Å². The fraction of sp³-hybridized carbons (Fsp3) is 0.833. The number of allylic oxidation sites excluding steroid dienone is 1. The van der Waals surface area contributed by atoms with E-state index in [1.165, 1.54) is 11.3 Å². The zero-order chi connectivity index (χ0) is 10.8. The number of fused-ring (bicyclic) bond motifs is 1. The van der Waals surface area contributed by atoms with Crippen LogP contribution in [0.25, 0.3) is 0 Å². The summed E-state index contributed by atoms with van der Waals surface area (Å²) in [5, 5.41) is 3.43. The molecule has 1 atom stereocenters. The molecule has 0 aromatic rings. The first-order chi connectivity index (χ1) is 7.20. The van der Waals surface area contributed by atoms with Gasteiger partial charge in [-0.05, 0) is 18.4 Å². The molecule has 3 heteroatoms. The van der Waals surface area contributed by atoms with Gasteiger partial charge in [-0.2, -0.15) is 0 Å². The minimum atomic E-state index is 0.537. The van der Waals surface area contributed by atoms with Gasteiger partial charge in [-0.15, -0.1) is 0 Å². The van der Waals surface area contributed by atoms with Gasteiger partial charge in [0.2, 0.25) is 0 Å². The number of piperazine rings is 1. The molecule has 0 spiro atoms. The maximum atomic E-state index is 5.77. The van der Waals surface area contributed by atoms with Gasteiger partial charge < -0.3 is 15.0 Å². The maximum Gasteiger partial charge on any atom is 0.0699 e. The molecule has 0 bridgehead atoms.